The van der Waals surface area contributed by atoms with Crippen molar-refractivity contribution in [3.63, 3.8) is 0 Å². The molecule has 0 atom stereocenters. The fraction of sp³-hybridized carbons (Fsp3) is 0.0833. The van der Waals surface area contributed by atoms with E-state index < -0.39 is 18.5 Å². The first-order valence-electron chi connectivity index (χ1n) is 9.78. The summed E-state index contributed by atoms with van der Waals surface area (Å²) in [6.45, 7) is -2.97. The van der Waals surface area contributed by atoms with E-state index in [-0.39, 0.29) is 11.5 Å². The van der Waals surface area contributed by atoms with Crippen LogP contribution in [0.25, 0.3) is 6.08 Å². The van der Waals surface area contributed by atoms with Crippen LogP contribution in [0.4, 0.5) is 30.6 Å². The van der Waals surface area contributed by atoms with E-state index in [9.17, 15) is 18.4 Å². The lowest BCUT2D eigenvalue weighted by atomic mass is 10.2. The standard InChI is InChI=1S/C24H21F2N3O4/c1-32-21-14-16(10-12-20(21)33-23(25)26)11-13-22(30)27-18-8-5-9-19(15-18)29-24(31)28-17-6-3-2-4-7-17/h2-15,23H,1H3,(H,27,30)(H2,28,29,31)/b13-11+. The van der Waals surface area contributed by atoms with Crippen molar-refractivity contribution in [3.8, 4) is 11.5 Å². The van der Waals surface area contributed by atoms with Gasteiger partial charge in [0.2, 0.25) is 5.91 Å². The van der Waals surface area contributed by atoms with Gasteiger partial charge < -0.3 is 25.4 Å². The molecule has 7 nitrogen and oxygen atoms in total. The normalized spacial score (nSPS) is 10.7. The van der Waals surface area contributed by atoms with Gasteiger partial charge >= 0.3 is 12.6 Å². The molecule has 0 aliphatic heterocycles. The van der Waals surface area contributed by atoms with Crippen LogP contribution in [0.1, 0.15) is 5.56 Å². The van der Waals surface area contributed by atoms with Crippen molar-refractivity contribution in [1.82, 2.24) is 0 Å². The van der Waals surface area contributed by atoms with Crippen molar-refractivity contribution in [2.75, 3.05) is 23.1 Å². The Hall–Kier alpha value is -4.40. The van der Waals surface area contributed by atoms with E-state index in [0.29, 0.717) is 22.6 Å². The summed E-state index contributed by atoms with van der Waals surface area (Å²) in [5.41, 5.74) is 2.16. The second-order valence-corrected chi connectivity index (χ2v) is 6.64. The SMILES string of the molecule is COc1cc(/C=C/C(=O)Nc2cccc(NC(=O)Nc3ccccc3)c2)ccc1OC(F)F. The number of amides is 3. The number of methoxy groups -OCH3 is 1. The van der Waals surface area contributed by atoms with Crippen LogP contribution in [0, 0.1) is 0 Å². The Balaban J connectivity index is 1.59. The van der Waals surface area contributed by atoms with Gasteiger partial charge in [-0.25, -0.2) is 4.79 Å². The third kappa shape index (κ3) is 7.35. The molecule has 170 valence electrons. The molecule has 0 bridgehead atoms. The average molecular weight is 453 g/mol. The zero-order valence-corrected chi connectivity index (χ0v) is 17.5. The first-order valence-corrected chi connectivity index (χ1v) is 9.78. The Bertz CT molecular complexity index is 1140. The molecule has 0 heterocycles. The van der Waals surface area contributed by atoms with Gasteiger partial charge in [-0.3, -0.25) is 4.79 Å². The molecule has 9 heteroatoms. The first-order chi connectivity index (χ1) is 15.9. The number of nitrogens with one attached hydrogen (secondary N) is 3. The molecule has 3 rings (SSSR count). The number of para-hydroxylation sites is 1. The molecule has 0 radical (unpaired) electrons. The molecule has 0 saturated carbocycles. The lowest BCUT2D eigenvalue weighted by molar-refractivity contribution is -0.111. The molecule has 0 aliphatic rings. The fourth-order valence-electron chi connectivity index (χ4n) is 2.83. The maximum atomic E-state index is 12.4. The Labute approximate surface area is 189 Å². The highest BCUT2D eigenvalue weighted by Crippen LogP contribution is 2.29. The number of benzene rings is 3. The molecule has 0 fully saturated rings. The molecule has 3 aromatic rings. The zero-order chi connectivity index (χ0) is 23.6. The van der Waals surface area contributed by atoms with Gasteiger partial charge in [0.05, 0.1) is 7.11 Å². The van der Waals surface area contributed by atoms with E-state index in [1.807, 2.05) is 6.07 Å². The van der Waals surface area contributed by atoms with Gasteiger partial charge in [-0.05, 0) is 54.1 Å². The Morgan fingerprint density at radius 3 is 2.18 bits per heavy atom. The lowest BCUT2D eigenvalue weighted by Crippen LogP contribution is -2.19. The van der Waals surface area contributed by atoms with Crippen LogP contribution < -0.4 is 25.4 Å². The Morgan fingerprint density at radius 2 is 1.48 bits per heavy atom. The quantitative estimate of drug-likeness (QED) is 0.388. The lowest BCUT2D eigenvalue weighted by Gasteiger charge is -2.10. The summed E-state index contributed by atoms with van der Waals surface area (Å²) < 4.78 is 34.3. The van der Waals surface area contributed by atoms with Crippen molar-refractivity contribution >= 4 is 35.1 Å². The topological polar surface area (TPSA) is 88.7 Å². The van der Waals surface area contributed by atoms with Crippen LogP contribution in [-0.4, -0.2) is 25.7 Å². The largest absolute Gasteiger partial charge is 0.493 e. The van der Waals surface area contributed by atoms with E-state index in [1.54, 1.807) is 48.5 Å². The highest BCUT2D eigenvalue weighted by Gasteiger charge is 2.10. The molecule has 3 N–H and O–H groups in total. The monoisotopic (exact) mass is 453 g/mol. The summed E-state index contributed by atoms with van der Waals surface area (Å²) in [6, 6.07) is 19.5. The number of carbonyl (C=O) groups excluding carboxylic acids is 2. The number of alkyl halides is 2. The summed E-state index contributed by atoms with van der Waals surface area (Å²) >= 11 is 0. The van der Waals surface area contributed by atoms with Gasteiger partial charge in [0.15, 0.2) is 11.5 Å². The number of urea groups is 1. The molecule has 33 heavy (non-hydrogen) atoms. The van der Waals surface area contributed by atoms with Crippen molar-refractivity contribution in [3.05, 3.63) is 84.4 Å². The van der Waals surface area contributed by atoms with E-state index in [1.165, 1.54) is 37.5 Å². The number of hydrogen-bond acceptors (Lipinski definition) is 4. The maximum absolute atomic E-state index is 12.4. The van der Waals surface area contributed by atoms with Crippen LogP contribution in [-0.2, 0) is 4.79 Å². The van der Waals surface area contributed by atoms with Crippen molar-refractivity contribution in [1.29, 1.82) is 0 Å². The number of anilines is 3. The number of carbonyl (C=O) groups is 2. The van der Waals surface area contributed by atoms with Crippen molar-refractivity contribution in [2.45, 2.75) is 6.61 Å². The average Bonchev–Trinajstić information content (AvgIpc) is 2.79. The Morgan fingerprint density at radius 1 is 0.818 bits per heavy atom. The summed E-state index contributed by atoms with van der Waals surface area (Å²) in [6.07, 6.45) is 2.78. The third-order valence-electron chi connectivity index (χ3n) is 4.25. The van der Waals surface area contributed by atoms with Crippen molar-refractivity contribution < 1.29 is 27.8 Å². The minimum Gasteiger partial charge on any atom is -0.493 e. The summed E-state index contributed by atoms with van der Waals surface area (Å²) in [5, 5.41) is 8.09. The van der Waals surface area contributed by atoms with Gasteiger partial charge in [-0.15, -0.1) is 0 Å². The minimum absolute atomic E-state index is 0.102. The molecule has 0 unspecified atom stereocenters. The van der Waals surface area contributed by atoms with E-state index in [2.05, 4.69) is 20.7 Å². The van der Waals surface area contributed by atoms with E-state index >= 15 is 0 Å². The highest BCUT2D eigenvalue weighted by atomic mass is 19.3. The fourth-order valence-corrected chi connectivity index (χ4v) is 2.83. The summed E-state index contributed by atoms with van der Waals surface area (Å²) in [5.74, 6) is -0.409. The second kappa shape index (κ2) is 11.3. The third-order valence-corrected chi connectivity index (χ3v) is 4.25. The van der Waals surface area contributed by atoms with Gasteiger partial charge in [0.1, 0.15) is 0 Å². The van der Waals surface area contributed by atoms with Gasteiger partial charge in [-0.2, -0.15) is 8.78 Å². The molecule has 3 amide bonds. The predicted octanol–water partition coefficient (Wildman–Crippen LogP) is 5.59. The maximum Gasteiger partial charge on any atom is 0.387 e. The van der Waals surface area contributed by atoms with E-state index in [0.717, 1.165) is 0 Å². The highest BCUT2D eigenvalue weighted by molar-refractivity contribution is 6.03. The zero-order valence-electron chi connectivity index (χ0n) is 17.5. The van der Waals surface area contributed by atoms with Gasteiger partial charge in [0, 0.05) is 23.1 Å². The molecule has 0 aromatic heterocycles. The van der Waals surface area contributed by atoms with Crippen molar-refractivity contribution in [2.24, 2.45) is 0 Å². The molecule has 0 saturated heterocycles. The number of hydrogen-bond donors (Lipinski definition) is 3. The number of ether oxygens (including phenoxy) is 2. The molecule has 0 spiro atoms. The smallest absolute Gasteiger partial charge is 0.387 e. The number of halogens is 2. The van der Waals surface area contributed by atoms with Gasteiger partial charge in [0.25, 0.3) is 0 Å². The Kier molecular flexibility index (Phi) is 7.96. The molecule has 3 aromatic carbocycles. The number of rotatable bonds is 8. The van der Waals surface area contributed by atoms with E-state index in [4.69, 9.17) is 4.74 Å². The molecular formula is C24H21F2N3O4. The summed E-state index contributed by atoms with van der Waals surface area (Å²) in [7, 11) is 1.33. The van der Waals surface area contributed by atoms with Crippen LogP contribution in [0.5, 0.6) is 11.5 Å². The van der Waals surface area contributed by atoms with Crippen LogP contribution in [0.15, 0.2) is 78.9 Å². The van der Waals surface area contributed by atoms with Crippen LogP contribution in [0.3, 0.4) is 0 Å². The second-order valence-electron chi connectivity index (χ2n) is 6.64. The molecular weight excluding hydrogens is 432 g/mol. The minimum atomic E-state index is -2.97. The van der Waals surface area contributed by atoms with Crippen LogP contribution in [0.2, 0.25) is 0 Å². The predicted molar refractivity (Wildman–Crippen MR) is 123 cm³/mol. The summed E-state index contributed by atoms with van der Waals surface area (Å²) in [4.78, 5) is 24.4. The molecule has 0 aliphatic carbocycles. The van der Waals surface area contributed by atoms with Gasteiger partial charge in [-0.1, -0.05) is 30.3 Å². The first kappa shape index (κ1) is 23.3. The van der Waals surface area contributed by atoms with Crippen LogP contribution >= 0.6 is 0 Å².